The van der Waals surface area contributed by atoms with Gasteiger partial charge in [-0.15, -0.1) is 0 Å². The van der Waals surface area contributed by atoms with Gasteiger partial charge < -0.3 is 15.8 Å². The van der Waals surface area contributed by atoms with E-state index in [0.29, 0.717) is 18.1 Å². The maximum absolute atomic E-state index is 12.9. The predicted octanol–water partition coefficient (Wildman–Crippen LogP) is 3.28. The lowest BCUT2D eigenvalue weighted by Crippen LogP contribution is -2.35. The molecule has 11 heteroatoms. The zero-order chi connectivity index (χ0) is 22.6. The Labute approximate surface area is 190 Å². The Bertz CT molecular complexity index is 1100. The maximum atomic E-state index is 12.9. The van der Waals surface area contributed by atoms with Crippen LogP contribution in [0.2, 0.25) is 10.0 Å². The van der Waals surface area contributed by atoms with Gasteiger partial charge in [0.1, 0.15) is 10.6 Å². The number of piperidine rings is 1. The molecule has 3 N–H and O–H groups in total. The molecule has 1 heterocycles. The van der Waals surface area contributed by atoms with Gasteiger partial charge in [-0.1, -0.05) is 29.6 Å². The van der Waals surface area contributed by atoms with Crippen LogP contribution in [0, 0.1) is 0 Å². The van der Waals surface area contributed by atoms with Crippen LogP contribution in [0.15, 0.2) is 41.3 Å². The van der Waals surface area contributed by atoms with Crippen molar-refractivity contribution in [2.24, 2.45) is 5.73 Å². The third kappa shape index (κ3) is 5.68. The van der Waals surface area contributed by atoms with Crippen LogP contribution in [0.4, 0.5) is 5.69 Å². The topological polar surface area (TPSA) is 119 Å². The molecule has 0 unspecified atom stereocenters. The molecule has 1 aliphatic heterocycles. The van der Waals surface area contributed by atoms with E-state index < -0.39 is 28.4 Å². The first-order valence-electron chi connectivity index (χ1n) is 9.50. The molecule has 166 valence electrons. The lowest BCUT2D eigenvalue weighted by atomic mass is 10.2. The van der Waals surface area contributed by atoms with Gasteiger partial charge in [0.15, 0.2) is 6.61 Å². The highest BCUT2D eigenvalue weighted by atomic mass is 35.5. The summed E-state index contributed by atoms with van der Waals surface area (Å²) >= 11 is 12.0. The average Bonchev–Trinajstić information content (AvgIpc) is 2.74. The van der Waals surface area contributed by atoms with Gasteiger partial charge in [0.05, 0.1) is 10.6 Å². The monoisotopic (exact) mass is 485 g/mol. The molecule has 0 spiro atoms. The summed E-state index contributed by atoms with van der Waals surface area (Å²) in [4.78, 5) is 23.8. The van der Waals surface area contributed by atoms with Gasteiger partial charge in [-0.2, -0.15) is 4.31 Å². The molecule has 0 radical (unpaired) electrons. The molecule has 1 aliphatic rings. The zero-order valence-corrected chi connectivity index (χ0v) is 18.8. The first kappa shape index (κ1) is 23.3. The van der Waals surface area contributed by atoms with Gasteiger partial charge in [-0.05, 0) is 49.2 Å². The number of carbonyl (C=O) groups excluding carboxylic acids is 2. The Morgan fingerprint density at radius 1 is 1.06 bits per heavy atom. The number of rotatable bonds is 7. The molecule has 1 saturated heterocycles. The maximum Gasteiger partial charge on any atom is 0.262 e. The van der Waals surface area contributed by atoms with Crippen LogP contribution in [0.1, 0.15) is 29.6 Å². The normalized spacial score (nSPS) is 14.8. The van der Waals surface area contributed by atoms with Gasteiger partial charge in [0.25, 0.3) is 11.8 Å². The number of sulfonamides is 1. The SMILES string of the molecule is NC(=O)c1cc(Cl)ccc1OCC(=O)Nc1ccc(Cl)c(S(=O)(=O)N2CCCCC2)c1. The van der Waals surface area contributed by atoms with E-state index in [1.165, 1.54) is 40.7 Å². The summed E-state index contributed by atoms with van der Waals surface area (Å²) < 4.78 is 32.7. The van der Waals surface area contributed by atoms with E-state index in [1.807, 2.05) is 0 Å². The van der Waals surface area contributed by atoms with E-state index in [-0.39, 0.29) is 26.9 Å². The fourth-order valence-corrected chi connectivity index (χ4v) is 5.37. The highest BCUT2D eigenvalue weighted by Gasteiger charge is 2.28. The fourth-order valence-electron chi connectivity index (χ4n) is 3.18. The number of hydrogen-bond acceptors (Lipinski definition) is 5. The zero-order valence-electron chi connectivity index (χ0n) is 16.4. The minimum absolute atomic E-state index is 0.0432. The number of primary amides is 1. The van der Waals surface area contributed by atoms with E-state index in [1.54, 1.807) is 0 Å². The first-order chi connectivity index (χ1) is 14.7. The highest BCUT2D eigenvalue weighted by Crippen LogP contribution is 2.29. The van der Waals surface area contributed by atoms with Crippen molar-refractivity contribution in [3.05, 3.63) is 52.0 Å². The number of nitrogens with one attached hydrogen (secondary N) is 1. The number of nitrogens with two attached hydrogens (primary N) is 1. The Balaban J connectivity index is 1.71. The first-order valence-corrected chi connectivity index (χ1v) is 11.7. The van der Waals surface area contributed by atoms with Crippen molar-refractivity contribution in [3.63, 3.8) is 0 Å². The second-order valence-electron chi connectivity index (χ2n) is 6.95. The fraction of sp³-hybridized carbons (Fsp3) is 0.300. The standard InChI is InChI=1S/C20H21Cl2N3O5S/c21-13-4-7-17(15(10-13)20(23)27)30-12-19(26)24-14-5-6-16(22)18(11-14)31(28,29)25-8-2-1-3-9-25/h4-7,10-11H,1-3,8-9,12H2,(H2,23,27)(H,24,26). The minimum atomic E-state index is -3.77. The van der Waals surface area contributed by atoms with Crippen molar-refractivity contribution >= 4 is 50.7 Å². The predicted molar refractivity (Wildman–Crippen MR) is 118 cm³/mol. The van der Waals surface area contributed by atoms with Gasteiger partial charge in [0.2, 0.25) is 10.0 Å². The molecular weight excluding hydrogens is 465 g/mol. The van der Waals surface area contributed by atoms with E-state index in [0.717, 1.165) is 19.3 Å². The Hall–Kier alpha value is -2.33. The Kier molecular flexibility index (Phi) is 7.42. The summed E-state index contributed by atoms with van der Waals surface area (Å²) in [5, 5.41) is 2.94. The number of benzene rings is 2. The van der Waals surface area contributed by atoms with Gasteiger partial charge >= 0.3 is 0 Å². The van der Waals surface area contributed by atoms with Crippen molar-refractivity contribution in [2.75, 3.05) is 25.0 Å². The second-order valence-corrected chi connectivity index (χ2v) is 9.70. The van der Waals surface area contributed by atoms with E-state index in [9.17, 15) is 18.0 Å². The highest BCUT2D eigenvalue weighted by molar-refractivity contribution is 7.89. The summed E-state index contributed by atoms with van der Waals surface area (Å²) in [7, 11) is -3.77. The van der Waals surface area contributed by atoms with Crippen LogP contribution in [0.25, 0.3) is 0 Å². The molecule has 0 aromatic heterocycles. The summed E-state index contributed by atoms with van der Waals surface area (Å²) in [5.41, 5.74) is 5.59. The van der Waals surface area contributed by atoms with E-state index >= 15 is 0 Å². The number of ether oxygens (including phenoxy) is 1. The Morgan fingerprint density at radius 2 is 1.77 bits per heavy atom. The number of amides is 2. The molecule has 0 saturated carbocycles. The lowest BCUT2D eigenvalue weighted by Gasteiger charge is -2.26. The minimum Gasteiger partial charge on any atom is -0.483 e. The number of carbonyl (C=O) groups is 2. The molecule has 0 bridgehead atoms. The lowest BCUT2D eigenvalue weighted by molar-refractivity contribution is -0.118. The average molecular weight is 486 g/mol. The van der Waals surface area contributed by atoms with Crippen molar-refractivity contribution in [1.82, 2.24) is 4.31 Å². The molecule has 0 aliphatic carbocycles. The van der Waals surface area contributed by atoms with Crippen LogP contribution in [-0.4, -0.2) is 44.2 Å². The largest absolute Gasteiger partial charge is 0.483 e. The van der Waals surface area contributed by atoms with Crippen molar-refractivity contribution in [1.29, 1.82) is 0 Å². The quantitative estimate of drug-likeness (QED) is 0.623. The molecule has 0 atom stereocenters. The third-order valence-electron chi connectivity index (χ3n) is 4.71. The van der Waals surface area contributed by atoms with E-state index in [2.05, 4.69) is 5.32 Å². The van der Waals surface area contributed by atoms with Gasteiger partial charge in [-0.3, -0.25) is 9.59 Å². The molecular formula is C20H21Cl2N3O5S. The molecule has 2 aromatic rings. The van der Waals surface area contributed by atoms with Crippen molar-refractivity contribution in [2.45, 2.75) is 24.2 Å². The summed E-state index contributed by atoms with van der Waals surface area (Å²) in [6.07, 6.45) is 2.58. The van der Waals surface area contributed by atoms with Crippen LogP contribution < -0.4 is 15.8 Å². The molecule has 1 fully saturated rings. The summed E-state index contributed by atoms with van der Waals surface area (Å²) in [5.74, 6) is -1.20. The summed E-state index contributed by atoms with van der Waals surface area (Å²) in [6.45, 7) is 0.442. The number of halogens is 2. The van der Waals surface area contributed by atoms with Gasteiger partial charge in [-0.25, -0.2) is 8.42 Å². The molecule has 31 heavy (non-hydrogen) atoms. The summed E-state index contributed by atoms with van der Waals surface area (Å²) in [6, 6.07) is 8.50. The van der Waals surface area contributed by atoms with Crippen LogP contribution in [-0.2, 0) is 14.8 Å². The van der Waals surface area contributed by atoms with Crippen LogP contribution in [0.5, 0.6) is 5.75 Å². The van der Waals surface area contributed by atoms with Gasteiger partial charge in [0, 0.05) is 23.8 Å². The molecule has 2 aromatic carbocycles. The van der Waals surface area contributed by atoms with E-state index in [4.69, 9.17) is 33.7 Å². The smallest absolute Gasteiger partial charge is 0.262 e. The van der Waals surface area contributed by atoms with Crippen LogP contribution >= 0.6 is 23.2 Å². The third-order valence-corrected chi connectivity index (χ3v) is 7.33. The second kappa shape index (κ2) is 9.86. The van der Waals surface area contributed by atoms with Crippen molar-refractivity contribution < 1.29 is 22.7 Å². The molecule has 3 rings (SSSR count). The number of anilines is 1. The number of nitrogens with zero attached hydrogens (tertiary/aromatic N) is 1. The molecule has 8 nitrogen and oxygen atoms in total. The van der Waals surface area contributed by atoms with Crippen LogP contribution in [0.3, 0.4) is 0 Å². The molecule has 2 amide bonds. The number of hydrogen-bond donors (Lipinski definition) is 2. The van der Waals surface area contributed by atoms with Crippen molar-refractivity contribution in [3.8, 4) is 5.75 Å². The Morgan fingerprint density at radius 3 is 2.45 bits per heavy atom.